The third-order valence-corrected chi connectivity index (χ3v) is 4.31. The lowest BCUT2D eigenvalue weighted by Crippen LogP contribution is -2.17. The van der Waals surface area contributed by atoms with E-state index in [0.29, 0.717) is 36.4 Å². The van der Waals surface area contributed by atoms with Crippen LogP contribution in [0.5, 0.6) is 0 Å². The molecule has 0 aliphatic heterocycles. The first kappa shape index (κ1) is 13.8. The average molecular weight is 290 g/mol. The Morgan fingerprint density at radius 2 is 0.947 bits per heavy atom. The van der Waals surface area contributed by atoms with Crippen LogP contribution in [0.4, 0.5) is 17.6 Å². The van der Waals surface area contributed by atoms with Gasteiger partial charge in [0.1, 0.15) is 23.3 Å². The van der Waals surface area contributed by atoms with Crippen molar-refractivity contribution >= 4 is 18.0 Å². The SMILES string of the molecule is O=P(O)(c1cc(F)cc(F)c1)c1cc(F)cc(F)c1. The van der Waals surface area contributed by atoms with Crippen molar-refractivity contribution in [1.82, 2.24) is 0 Å². The number of hydrogen-bond acceptors (Lipinski definition) is 1. The Hall–Kier alpha value is -1.65. The number of halogens is 4. The van der Waals surface area contributed by atoms with Crippen LogP contribution in [0.15, 0.2) is 36.4 Å². The van der Waals surface area contributed by atoms with E-state index in [1.54, 1.807) is 0 Å². The molecular weight excluding hydrogens is 283 g/mol. The topological polar surface area (TPSA) is 37.3 Å². The van der Waals surface area contributed by atoms with Crippen molar-refractivity contribution < 1.29 is 27.0 Å². The van der Waals surface area contributed by atoms with E-state index in [1.807, 2.05) is 0 Å². The zero-order chi connectivity index (χ0) is 14.2. The van der Waals surface area contributed by atoms with Gasteiger partial charge in [-0.25, -0.2) is 17.6 Å². The molecule has 0 aliphatic rings. The van der Waals surface area contributed by atoms with Crippen LogP contribution in [0.1, 0.15) is 0 Å². The monoisotopic (exact) mass is 290 g/mol. The van der Waals surface area contributed by atoms with Crippen molar-refractivity contribution in [3.05, 3.63) is 59.7 Å². The van der Waals surface area contributed by atoms with Gasteiger partial charge < -0.3 is 4.89 Å². The van der Waals surface area contributed by atoms with Crippen LogP contribution >= 0.6 is 7.37 Å². The number of hydrogen-bond donors (Lipinski definition) is 1. The molecule has 0 amide bonds. The highest BCUT2D eigenvalue weighted by molar-refractivity contribution is 7.73. The maximum Gasteiger partial charge on any atom is 0.259 e. The van der Waals surface area contributed by atoms with Gasteiger partial charge in [-0.2, -0.15) is 0 Å². The van der Waals surface area contributed by atoms with Gasteiger partial charge in [-0.3, -0.25) is 4.57 Å². The summed E-state index contributed by atoms with van der Waals surface area (Å²) in [6.45, 7) is 0. The van der Waals surface area contributed by atoms with Gasteiger partial charge in [0.15, 0.2) is 0 Å². The molecule has 0 spiro atoms. The Bertz CT molecular complexity index is 591. The lowest BCUT2D eigenvalue weighted by Gasteiger charge is -2.12. The fourth-order valence-corrected chi connectivity index (χ4v) is 3.07. The van der Waals surface area contributed by atoms with Gasteiger partial charge in [-0.1, -0.05) is 0 Å². The largest absolute Gasteiger partial charge is 0.338 e. The predicted molar refractivity (Wildman–Crippen MR) is 61.8 cm³/mol. The lowest BCUT2D eigenvalue weighted by atomic mass is 10.3. The molecule has 0 aliphatic carbocycles. The minimum Gasteiger partial charge on any atom is -0.338 e. The van der Waals surface area contributed by atoms with Crippen LogP contribution in [-0.2, 0) is 4.57 Å². The first-order valence-electron chi connectivity index (χ1n) is 5.05. The molecule has 0 radical (unpaired) electrons. The summed E-state index contributed by atoms with van der Waals surface area (Å²) >= 11 is 0. The van der Waals surface area contributed by atoms with Crippen LogP contribution < -0.4 is 10.6 Å². The van der Waals surface area contributed by atoms with Crippen LogP contribution in [-0.4, -0.2) is 4.89 Å². The second-order valence-electron chi connectivity index (χ2n) is 3.83. The van der Waals surface area contributed by atoms with Gasteiger partial charge in [-0.15, -0.1) is 0 Å². The molecule has 2 aromatic rings. The zero-order valence-corrected chi connectivity index (χ0v) is 10.2. The van der Waals surface area contributed by atoms with E-state index in [2.05, 4.69) is 0 Å². The van der Waals surface area contributed by atoms with Gasteiger partial charge in [0.25, 0.3) is 7.37 Å². The summed E-state index contributed by atoms with van der Waals surface area (Å²) < 4.78 is 64.2. The van der Waals surface area contributed by atoms with Gasteiger partial charge >= 0.3 is 0 Å². The lowest BCUT2D eigenvalue weighted by molar-refractivity contribution is 0.498. The number of rotatable bonds is 2. The standard InChI is InChI=1S/C12H7F4O2P/c13-7-1-8(14)4-11(3-7)19(17,18)12-5-9(15)2-10(16)6-12/h1-6H,(H,17,18). The molecule has 19 heavy (non-hydrogen) atoms. The average Bonchev–Trinajstić information content (AvgIpc) is 2.26. The maximum absolute atomic E-state index is 13.0. The summed E-state index contributed by atoms with van der Waals surface area (Å²) in [7, 11) is -4.47. The zero-order valence-electron chi connectivity index (χ0n) is 9.28. The first-order chi connectivity index (χ1) is 8.79. The van der Waals surface area contributed by atoms with Gasteiger partial charge in [0, 0.05) is 22.7 Å². The van der Waals surface area contributed by atoms with Gasteiger partial charge in [-0.05, 0) is 24.3 Å². The van der Waals surface area contributed by atoms with E-state index in [0.717, 1.165) is 0 Å². The second-order valence-corrected chi connectivity index (χ2v) is 6.02. The molecule has 0 atom stereocenters. The van der Waals surface area contributed by atoms with Crippen molar-refractivity contribution in [2.75, 3.05) is 0 Å². The summed E-state index contributed by atoms with van der Waals surface area (Å²) in [6, 6.07) is 3.63. The fourth-order valence-electron chi connectivity index (χ4n) is 1.58. The molecule has 1 N–H and O–H groups in total. The summed E-state index contributed by atoms with van der Waals surface area (Å²) in [5.41, 5.74) is 0. The Morgan fingerprint density at radius 3 is 1.21 bits per heavy atom. The van der Waals surface area contributed by atoms with Gasteiger partial charge in [0.05, 0.1) is 0 Å². The van der Waals surface area contributed by atoms with Crippen molar-refractivity contribution in [2.45, 2.75) is 0 Å². The molecule has 0 bridgehead atoms. The summed E-state index contributed by atoms with van der Waals surface area (Å²) in [5.74, 6) is -4.22. The van der Waals surface area contributed by atoms with Crippen molar-refractivity contribution in [3.63, 3.8) is 0 Å². The summed E-state index contributed by atoms with van der Waals surface area (Å²) in [5, 5.41) is -1.15. The molecule has 2 aromatic carbocycles. The molecule has 2 rings (SSSR count). The van der Waals surface area contributed by atoms with E-state index >= 15 is 0 Å². The Kier molecular flexibility index (Phi) is 3.47. The van der Waals surface area contributed by atoms with E-state index in [1.165, 1.54) is 0 Å². The highest BCUT2D eigenvalue weighted by Gasteiger charge is 2.26. The molecule has 0 saturated heterocycles. The second kappa shape index (κ2) is 4.79. The summed E-state index contributed by atoms with van der Waals surface area (Å²) in [6.07, 6.45) is 0. The minimum atomic E-state index is -4.47. The van der Waals surface area contributed by atoms with Crippen LogP contribution in [0.3, 0.4) is 0 Å². The highest BCUT2D eigenvalue weighted by Crippen LogP contribution is 2.38. The quantitative estimate of drug-likeness (QED) is 0.681. The van der Waals surface area contributed by atoms with E-state index in [-0.39, 0.29) is 0 Å². The molecule has 7 heteroatoms. The molecule has 0 fully saturated rings. The van der Waals surface area contributed by atoms with Gasteiger partial charge in [0.2, 0.25) is 0 Å². The normalized spacial score (nSPS) is 11.6. The molecule has 0 unspecified atom stereocenters. The molecule has 0 saturated carbocycles. The van der Waals surface area contributed by atoms with Crippen molar-refractivity contribution in [2.24, 2.45) is 0 Å². The Morgan fingerprint density at radius 1 is 0.684 bits per heavy atom. The van der Waals surface area contributed by atoms with Crippen LogP contribution in [0.2, 0.25) is 0 Å². The van der Waals surface area contributed by atoms with E-state index in [4.69, 9.17) is 0 Å². The van der Waals surface area contributed by atoms with Crippen molar-refractivity contribution in [3.8, 4) is 0 Å². The van der Waals surface area contributed by atoms with Crippen LogP contribution in [0, 0.1) is 23.3 Å². The van der Waals surface area contributed by atoms with Crippen molar-refractivity contribution in [1.29, 1.82) is 0 Å². The molecular formula is C12H7F4O2P. The maximum atomic E-state index is 13.0. The first-order valence-corrected chi connectivity index (χ1v) is 6.71. The highest BCUT2D eigenvalue weighted by atomic mass is 31.2. The smallest absolute Gasteiger partial charge is 0.259 e. The molecule has 2 nitrogen and oxygen atoms in total. The number of benzene rings is 2. The molecule has 0 aromatic heterocycles. The molecule has 100 valence electrons. The predicted octanol–water partition coefficient (Wildman–Crippen LogP) is 2.46. The fraction of sp³-hybridized carbons (Fsp3) is 0. The summed E-state index contributed by atoms with van der Waals surface area (Å²) in [4.78, 5) is 9.84. The molecule has 0 heterocycles. The Balaban J connectivity index is 2.61. The minimum absolute atomic E-state index is 0.523. The van der Waals surface area contributed by atoms with E-state index < -0.39 is 41.2 Å². The third kappa shape index (κ3) is 2.85. The third-order valence-electron chi connectivity index (χ3n) is 2.39. The van der Waals surface area contributed by atoms with E-state index in [9.17, 15) is 27.0 Å². The van der Waals surface area contributed by atoms with Crippen LogP contribution in [0.25, 0.3) is 0 Å². The Labute approximate surface area is 105 Å².